The van der Waals surface area contributed by atoms with Crippen molar-refractivity contribution in [3.05, 3.63) is 71.8 Å². The first-order valence-electron chi connectivity index (χ1n) is 8.90. The van der Waals surface area contributed by atoms with Crippen molar-refractivity contribution in [2.75, 3.05) is 6.61 Å². The summed E-state index contributed by atoms with van der Waals surface area (Å²) in [6.07, 6.45) is 2.16. The van der Waals surface area contributed by atoms with Crippen molar-refractivity contribution >= 4 is 16.0 Å². The SMILES string of the molecule is CCCOC(=O)c1cn(Cc2ccccc2F)c(-c2ccc(S(N)(=O)=O)cc2)n1. The molecule has 0 saturated heterocycles. The summed E-state index contributed by atoms with van der Waals surface area (Å²) in [6, 6.07) is 12.0. The average molecular weight is 417 g/mol. The topological polar surface area (TPSA) is 104 Å². The third-order valence-corrected chi connectivity index (χ3v) is 5.09. The molecule has 0 aliphatic rings. The number of esters is 1. The van der Waals surface area contributed by atoms with Crippen LogP contribution in [-0.4, -0.2) is 30.5 Å². The third-order valence-electron chi connectivity index (χ3n) is 4.16. The van der Waals surface area contributed by atoms with E-state index in [2.05, 4.69) is 4.98 Å². The molecule has 0 bridgehead atoms. The Morgan fingerprint density at radius 2 is 1.86 bits per heavy atom. The van der Waals surface area contributed by atoms with Crippen molar-refractivity contribution in [2.24, 2.45) is 5.14 Å². The maximum absolute atomic E-state index is 14.1. The Balaban J connectivity index is 2.02. The lowest BCUT2D eigenvalue weighted by Gasteiger charge is -2.09. The summed E-state index contributed by atoms with van der Waals surface area (Å²) in [5.74, 6) is -0.592. The molecule has 3 aromatic rings. The van der Waals surface area contributed by atoms with E-state index < -0.39 is 16.0 Å². The van der Waals surface area contributed by atoms with Crippen LogP contribution in [0.5, 0.6) is 0 Å². The second kappa shape index (κ2) is 8.54. The predicted octanol–water partition coefficient (Wildman–Crippen LogP) is 2.95. The molecule has 0 spiro atoms. The maximum Gasteiger partial charge on any atom is 0.358 e. The Labute approximate surface area is 168 Å². The molecule has 2 N–H and O–H groups in total. The minimum Gasteiger partial charge on any atom is -0.461 e. The Bertz CT molecular complexity index is 1120. The van der Waals surface area contributed by atoms with Gasteiger partial charge in [0.25, 0.3) is 0 Å². The summed E-state index contributed by atoms with van der Waals surface area (Å²) in [7, 11) is -3.84. The molecule has 2 aromatic carbocycles. The van der Waals surface area contributed by atoms with E-state index in [1.165, 1.54) is 36.5 Å². The number of ether oxygens (including phenoxy) is 1. The number of nitrogens with zero attached hydrogens (tertiary/aromatic N) is 2. The first-order chi connectivity index (χ1) is 13.8. The van der Waals surface area contributed by atoms with Crippen molar-refractivity contribution in [1.29, 1.82) is 0 Å². The van der Waals surface area contributed by atoms with Crippen molar-refractivity contribution in [2.45, 2.75) is 24.8 Å². The molecule has 152 valence electrons. The molecule has 0 amide bonds. The molecule has 29 heavy (non-hydrogen) atoms. The Morgan fingerprint density at radius 1 is 1.17 bits per heavy atom. The van der Waals surface area contributed by atoms with Gasteiger partial charge in [0.05, 0.1) is 18.0 Å². The lowest BCUT2D eigenvalue weighted by Crippen LogP contribution is -2.11. The zero-order chi connectivity index (χ0) is 21.0. The van der Waals surface area contributed by atoms with Gasteiger partial charge in [0.2, 0.25) is 10.0 Å². The average Bonchev–Trinajstić information content (AvgIpc) is 3.11. The largest absolute Gasteiger partial charge is 0.461 e. The molecule has 7 nitrogen and oxygen atoms in total. The molecular formula is C20H20FN3O4S. The highest BCUT2D eigenvalue weighted by Crippen LogP contribution is 2.23. The molecule has 0 unspecified atom stereocenters. The summed E-state index contributed by atoms with van der Waals surface area (Å²) in [5.41, 5.74) is 1.05. The second-order valence-electron chi connectivity index (χ2n) is 6.37. The number of hydrogen-bond donors (Lipinski definition) is 1. The van der Waals surface area contributed by atoms with E-state index in [0.717, 1.165) is 0 Å². The van der Waals surface area contributed by atoms with Gasteiger partial charge in [-0.05, 0) is 36.8 Å². The smallest absolute Gasteiger partial charge is 0.358 e. The minimum absolute atomic E-state index is 0.0453. The molecule has 1 aromatic heterocycles. The lowest BCUT2D eigenvalue weighted by molar-refractivity contribution is 0.0498. The summed E-state index contributed by atoms with van der Waals surface area (Å²) < 4.78 is 43.8. The van der Waals surface area contributed by atoms with E-state index in [1.807, 2.05) is 6.92 Å². The highest BCUT2D eigenvalue weighted by Gasteiger charge is 2.18. The first kappa shape index (κ1) is 20.7. The van der Waals surface area contributed by atoms with Crippen LogP contribution in [0.4, 0.5) is 4.39 Å². The molecule has 9 heteroatoms. The van der Waals surface area contributed by atoms with E-state index >= 15 is 0 Å². The van der Waals surface area contributed by atoms with Crippen LogP contribution in [0.1, 0.15) is 29.4 Å². The number of primary sulfonamides is 1. The molecule has 0 atom stereocenters. The molecular weight excluding hydrogens is 397 g/mol. The van der Waals surface area contributed by atoms with Crippen LogP contribution >= 0.6 is 0 Å². The van der Waals surface area contributed by atoms with Crippen molar-refractivity contribution in [1.82, 2.24) is 9.55 Å². The lowest BCUT2D eigenvalue weighted by atomic mass is 10.2. The van der Waals surface area contributed by atoms with Gasteiger partial charge < -0.3 is 9.30 Å². The molecule has 0 radical (unpaired) electrons. The van der Waals surface area contributed by atoms with Gasteiger partial charge in [0.1, 0.15) is 11.6 Å². The Kier molecular flexibility index (Phi) is 6.09. The van der Waals surface area contributed by atoms with Crippen LogP contribution in [0, 0.1) is 5.82 Å². The van der Waals surface area contributed by atoms with Crippen LogP contribution in [-0.2, 0) is 21.3 Å². The Morgan fingerprint density at radius 3 is 2.48 bits per heavy atom. The maximum atomic E-state index is 14.1. The number of nitrogens with two attached hydrogens (primary N) is 1. The van der Waals surface area contributed by atoms with Crippen LogP contribution in [0.3, 0.4) is 0 Å². The second-order valence-corrected chi connectivity index (χ2v) is 7.94. The van der Waals surface area contributed by atoms with Gasteiger partial charge in [-0.15, -0.1) is 0 Å². The van der Waals surface area contributed by atoms with Gasteiger partial charge in [-0.1, -0.05) is 25.1 Å². The predicted molar refractivity (Wildman–Crippen MR) is 105 cm³/mol. The molecule has 0 fully saturated rings. The first-order valence-corrected chi connectivity index (χ1v) is 10.4. The van der Waals surface area contributed by atoms with Gasteiger partial charge in [0, 0.05) is 17.3 Å². The van der Waals surface area contributed by atoms with Crippen LogP contribution in [0.15, 0.2) is 59.6 Å². The minimum atomic E-state index is -3.84. The number of carbonyl (C=O) groups is 1. The number of hydrogen-bond acceptors (Lipinski definition) is 5. The van der Waals surface area contributed by atoms with Crippen LogP contribution < -0.4 is 5.14 Å². The highest BCUT2D eigenvalue weighted by atomic mass is 32.2. The normalized spacial score (nSPS) is 11.4. The third kappa shape index (κ3) is 4.87. The molecule has 0 saturated carbocycles. The fraction of sp³-hybridized carbons (Fsp3) is 0.200. The molecule has 0 aliphatic heterocycles. The fourth-order valence-corrected chi connectivity index (χ4v) is 3.25. The highest BCUT2D eigenvalue weighted by molar-refractivity contribution is 7.89. The van der Waals surface area contributed by atoms with Gasteiger partial charge in [0.15, 0.2) is 5.69 Å². The van der Waals surface area contributed by atoms with Gasteiger partial charge >= 0.3 is 5.97 Å². The fourth-order valence-electron chi connectivity index (χ4n) is 2.74. The number of carbonyl (C=O) groups excluding carboxylic acids is 1. The van der Waals surface area contributed by atoms with Crippen molar-refractivity contribution in [3.63, 3.8) is 0 Å². The van der Waals surface area contributed by atoms with E-state index in [4.69, 9.17) is 9.88 Å². The van der Waals surface area contributed by atoms with Gasteiger partial charge in [-0.3, -0.25) is 0 Å². The molecule has 0 aliphatic carbocycles. The number of sulfonamides is 1. The number of imidazole rings is 1. The number of benzene rings is 2. The van der Waals surface area contributed by atoms with Crippen LogP contribution in [0.25, 0.3) is 11.4 Å². The van der Waals surface area contributed by atoms with Crippen LogP contribution in [0.2, 0.25) is 0 Å². The van der Waals surface area contributed by atoms with Crippen molar-refractivity contribution in [3.8, 4) is 11.4 Å². The molecule has 1 heterocycles. The van der Waals surface area contributed by atoms with Gasteiger partial charge in [-0.25, -0.2) is 27.7 Å². The number of aromatic nitrogens is 2. The van der Waals surface area contributed by atoms with E-state index in [0.29, 0.717) is 23.4 Å². The summed E-state index contributed by atoms with van der Waals surface area (Å²) in [6.45, 7) is 2.27. The van der Waals surface area contributed by atoms with E-state index in [-0.39, 0.29) is 29.6 Å². The van der Waals surface area contributed by atoms with E-state index in [1.54, 1.807) is 22.8 Å². The quantitative estimate of drug-likeness (QED) is 0.595. The summed E-state index contributed by atoms with van der Waals surface area (Å²) in [4.78, 5) is 16.5. The number of rotatable bonds is 7. The zero-order valence-electron chi connectivity index (χ0n) is 15.7. The van der Waals surface area contributed by atoms with Crippen molar-refractivity contribution < 1.29 is 22.3 Å². The molecule has 3 rings (SSSR count). The number of halogens is 1. The zero-order valence-corrected chi connectivity index (χ0v) is 16.5. The van der Waals surface area contributed by atoms with Gasteiger partial charge in [-0.2, -0.15) is 0 Å². The Hall–Kier alpha value is -3.04. The standard InChI is InChI=1S/C20H20FN3O4S/c1-2-11-28-20(25)18-13-24(12-15-5-3-4-6-17(15)21)19(23-18)14-7-9-16(10-8-14)29(22,26)27/h3-10,13H,2,11-12H2,1H3,(H2,22,26,27). The monoisotopic (exact) mass is 417 g/mol. The summed E-state index contributed by atoms with van der Waals surface area (Å²) in [5, 5.41) is 5.13. The summed E-state index contributed by atoms with van der Waals surface area (Å²) >= 11 is 0. The van der Waals surface area contributed by atoms with E-state index in [9.17, 15) is 17.6 Å².